The van der Waals surface area contributed by atoms with Crippen LogP contribution in [0.25, 0.3) is 111 Å². The van der Waals surface area contributed by atoms with Crippen molar-refractivity contribution < 1.29 is 4.42 Å². The number of rotatable bonds is 5. The summed E-state index contributed by atoms with van der Waals surface area (Å²) in [6.07, 6.45) is 0. The Labute approximate surface area is 317 Å². The Bertz CT molecular complexity index is 3260. The first-order valence-electron chi connectivity index (χ1n) is 18.5. The molecule has 2 aromatic heterocycles. The lowest BCUT2D eigenvalue weighted by Gasteiger charge is -2.12. The summed E-state index contributed by atoms with van der Waals surface area (Å²) in [4.78, 5) is 15.7. The molecule has 0 aliphatic carbocycles. The first-order chi connectivity index (χ1) is 27.2. The molecule has 0 aliphatic heterocycles. The molecule has 0 radical (unpaired) electrons. The number of fused-ring (bicyclic) bond motifs is 6. The van der Waals surface area contributed by atoms with Gasteiger partial charge in [-0.3, -0.25) is 0 Å². The summed E-state index contributed by atoms with van der Waals surface area (Å²) >= 11 is 0. The molecule has 4 heteroatoms. The summed E-state index contributed by atoms with van der Waals surface area (Å²) in [7, 11) is 0. The molecule has 11 rings (SSSR count). The van der Waals surface area contributed by atoms with Gasteiger partial charge >= 0.3 is 0 Å². The smallest absolute Gasteiger partial charge is 0.164 e. The van der Waals surface area contributed by atoms with Crippen LogP contribution in [0.1, 0.15) is 0 Å². The van der Waals surface area contributed by atoms with Crippen LogP contribution >= 0.6 is 0 Å². The Morgan fingerprint density at radius 2 is 0.782 bits per heavy atom. The van der Waals surface area contributed by atoms with E-state index in [-0.39, 0.29) is 0 Å². The summed E-state index contributed by atoms with van der Waals surface area (Å²) in [6, 6.07) is 65.8. The molecule has 9 aromatic carbocycles. The lowest BCUT2D eigenvalue weighted by molar-refractivity contribution is 0.670. The van der Waals surface area contributed by atoms with Crippen LogP contribution in [0.15, 0.2) is 192 Å². The molecule has 11 aromatic rings. The zero-order chi connectivity index (χ0) is 36.3. The fraction of sp³-hybridized carbons (Fsp3) is 0. The van der Waals surface area contributed by atoms with Crippen LogP contribution in [-0.2, 0) is 0 Å². The van der Waals surface area contributed by atoms with E-state index in [4.69, 9.17) is 19.4 Å². The SMILES string of the molecule is c1ccc(-c2ccc3cc(-c4nc(-c5ccc6ccccc6c5)nc(-c5ccc(-c6ccccc6)c6oc7cc8ccccc8cc7c56)n4)ccc3c2)cc1. The third-order valence-corrected chi connectivity index (χ3v) is 10.7. The van der Waals surface area contributed by atoms with Gasteiger partial charge in [-0.15, -0.1) is 0 Å². The minimum Gasteiger partial charge on any atom is -0.455 e. The Morgan fingerprint density at radius 3 is 1.45 bits per heavy atom. The standard InChI is InChI=1S/C51H31N3O/c1-3-11-32(12-4-1)38-20-21-40-29-42(24-22-39(40)27-38)50-52-49(41-23-19-33-13-7-8-16-35(33)28-41)53-51(54-50)44-26-25-43(34-14-5-2-6-15-34)48-47(44)45-30-36-17-9-10-18-37(36)31-46(45)55-48/h1-31H. The number of aromatic nitrogens is 3. The van der Waals surface area contributed by atoms with Crippen molar-refractivity contribution in [2.24, 2.45) is 0 Å². The average Bonchev–Trinajstić information content (AvgIpc) is 3.63. The molecule has 0 amide bonds. The summed E-state index contributed by atoms with van der Waals surface area (Å²) in [6.45, 7) is 0. The summed E-state index contributed by atoms with van der Waals surface area (Å²) < 4.78 is 6.80. The van der Waals surface area contributed by atoms with Crippen LogP contribution in [0.3, 0.4) is 0 Å². The van der Waals surface area contributed by atoms with Crippen LogP contribution in [0.4, 0.5) is 0 Å². The number of hydrogen-bond acceptors (Lipinski definition) is 4. The maximum absolute atomic E-state index is 6.80. The molecule has 4 nitrogen and oxygen atoms in total. The molecule has 0 unspecified atom stereocenters. The predicted molar refractivity (Wildman–Crippen MR) is 227 cm³/mol. The first kappa shape index (κ1) is 31.1. The van der Waals surface area contributed by atoms with Crippen LogP contribution in [0, 0.1) is 0 Å². The van der Waals surface area contributed by atoms with Crippen molar-refractivity contribution >= 4 is 54.3 Å². The van der Waals surface area contributed by atoms with Crippen molar-refractivity contribution in [2.45, 2.75) is 0 Å². The topological polar surface area (TPSA) is 51.8 Å². The molecule has 0 fully saturated rings. The van der Waals surface area contributed by atoms with Gasteiger partial charge in [0.2, 0.25) is 0 Å². The largest absolute Gasteiger partial charge is 0.455 e. The van der Waals surface area contributed by atoms with E-state index < -0.39 is 0 Å². The van der Waals surface area contributed by atoms with E-state index >= 15 is 0 Å². The van der Waals surface area contributed by atoms with Crippen molar-refractivity contribution in [2.75, 3.05) is 0 Å². The Morgan fingerprint density at radius 1 is 0.309 bits per heavy atom. The molecule has 0 atom stereocenters. The van der Waals surface area contributed by atoms with Crippen LogP contribution in [0.2, 0.25) is 0 Å². The summed E-state index contributed by atoms with van der Waals surface area (Å²) in [5.41, 5.74) is 8.86. The number of furan rings is 1. The van der Waals surface area contributed by atoms with Gasteiger partial charge in [0.25, 0.3) is 0 Å². The predicted octanol–water partition coefficient (Wildman–Crippen LogP) is 13.6. The van der Waals surface area contributed by atoms with Gasteiger partial charge in [-0.1, -0.05) is 146 Å². The highest BCUT2D eigenvalue weighted by molar-refractivity contribution is 6.18. The zero-order valence-electron chi connectivity index (χ0n) is 29.6. The molecule has 0 saturated heterocycles. The molecule has 2 heterocycles. The minimum atomic E-state index is 0.591. The number of nitrogens with zero attached hydrogens (tertiary/aromatic N) is 3. The van der Waals surface area contributed by atoms with Crippen LogP contribution in [-0.4, -0.2) is 15.0 Å². The van der Waals surface area contributed by atoms with E-state index in [1.807, 2.05) is 12.1 Å². The molecule has 0 N–H and O–H groups in total. The quantitative estimate of drug-likeness (QED) is 0.179. The molecule has 0 saturated carbocycles. The van der Waals surface area contributed by atoms with E-state index in [1.165, 1.54) is 16.5 Å². The highest BCUT2D eigenvalue weighted by atomic mass is 16.3. The van der Waals surface area contributed by atoms with E-state index in [9.17, 15) is 0 Å². The van der Waals surface area contributed by atoms with E-state index in [2.05, 4.69) is 176 Å². The van der Waals surface area contributed by atoms with E-state index in [1.54, 1.807) is 0 Å². The summed E-state index contributed by atoms with van der Waals surface area (Å²) in [5, 5.41) is 8.86. The molecule has 256 valence electrons. The van der Waals surface area contributed by atoms with Crippen molar-refractivity contribution in [1.29, 1.82) is 0 Å². The van der Waals surface area contributed by atoms with Crippen molar-refractivity contribution in [3.05, 3.63) is 188 Å². The Hall–Kier alpha value is -7.43. The Kier molecular flexibility index (Phi) is 7.14. The molecule has 0 spiro atoms. The van der Waals surface area contributed by atoms with Gasteiger partial charge in [0.15, 0.2) is 17.5 Å². The Balaban J connectivity index is 1.15. The second-order valence-corrected chi connectivity index (χ2v) is 14.0. The molecular formula is C51H31N3O. The monoisotopic (exact) mass is 701 g/mol. The van der Waals surface area contributed by atoms with Gasteiger partial charge in [0.1, 0.15) is 11.2 Å². The zero-order valence-corrected chi connectivity index (χ0v) is 29.6. The van der Waals surface area contributed by atoms with Gasteiger partial charge in [-0.05, 0) is 91.5 Å². The fourth-order valence-electron chi connectivity index (χ4n) is 7.87. The fourth-order valence-corrected chi connectivity index (χ4v) is 7.87. The third kappa shape index (κ3) is 5.43. The molecule has 0 bridgehead atoms. The average molecular weight is 702 g/mol. The normalized spacial score (nSPS) is 11.6. The van der Waals surface area contributed by atoms with Gasteiger partial charge in [-0.2, -0.15) is 0 Å². The molecule has 0 aliphatic rings. The number of benzene rings is 9. The minimum absolute atomic E-state index is 0.591. The van der Waals surface area contributed by atoms with E-state index in [0.29, 0.717) is 17.5 Å². The third-order valence-electron chi connectivity index (χ3n) is 10.7. The second kappa shape index (κ2) is 12.6. The second-order valence-electron chi connectivity index (χ2n) is 14.0. The highest BCUT2D eigenvalue weighted by Gasteiger charge is 2.21. The maximum Gasteiger partial charge on any atom is 0.164 e. The lowest BCUT2D eigenvalue weighted by atomic mass is 9.97. The van der Waals surface area contributed by atoms with Crippen molar-refractivity contribution in [1.82, 2.24) is 15.0 Å². The first-order valence-corrected chi connectivity index (χ1v) is 18.5. The lowest BCUT2D eigenvalue weighted by Crippen LogP contribution is -2.01. The van der Waals surface area contributed by atoms with Crippen molar-refractivity contribution in [3.63, 3.8) is 0 Å². The van der Waals surface area contributed by atoms with Gasteiger partial charge in [-0.25, -0.2) is 15.0 Å². The van der Waals surface area contributed by atoms with Crippen LogP contribution in [0.5, 0.6) is 0 Å². The molecule has 55 heavy (non-hydrogen) atoms. The number of hydrogen-bond donors (Lipinski definition) is 0. The van der Waals surface area contributed by atoms with Gasteiger partial charge < -0.3 is 4.42 Å². The van der Waals surface area contributed by atoms with Gasteiger partial charge in [0.05, 0.1) is 0 Å². The van der Waals surface area contributed by atoms with Crippen molar-refractivity contribution in [3.8, 4) is 56.4 Å². The summed E-state index contributed by atoms with van der Waals surface area (Å²) in [5.74, 6) is 1.82. The van der Waals surface area contributed by atoms with Gasteiger partial charge in [0, 0.05) is 33.0 Å². The van der Waals surface area contributed by atoms with E-state index in [0.717, 1.165) is 76.7 Å². The molecular weight excluding hydrogens is 671 g/mol. The maximum atomic E-state index is 6.80. The highest BCUT2D eigenvalue weighted by Crippen LogP contribution is 2.43. The van der Waals surface area contributed by atoms with Crippen LogP contribution < -0.4 is 0 Å².